The van der Waals surface area contributed by atoms with E-state index in [1.165, 1.54) is 44.2 Å². The van der Waals surface area contributed by atoms with Crippen molar-refractivity contribution in [1.82, 2.24) is 0 Å². The van der Waals surface area contributed by atoms with Crippen LogP contribution in [0.2, 0.25) is 0 Å². The lowest BCUT2D eigenvalue weighted by atomic mass is 9.84. The molecule has 106 valence electrons. The van der Waals surface area contributed by atoms with Gasteiger partial charge >= 0.3 is 0 Å². The van der Waals surface area contributed by atoms with Crippen molar-refractivity contribution in [2.75, 3.05) is 0 Å². The summed E-state index contributed by atoms with van der Waals surface area (Å²) in [6.45, 7) is 1.93. The maximum absolute atomic E-state index is 12.1. The summed E-state index contributed by atoms with van der Waals surface area (Å²) in [5, 5.41) is 0. The van der Waals surface area contributed by atoms with Crippen molar-refractivity contribution in [2.45, 2.75) is 44.9 Å². The second kappa shape index (κ2) is 7.84. The van der Waals surface area contributed by atoms with Crippen molar-refractivity contribution in [2.24, 2.45) is 0 Å². The zero-order valence-corrected chi connectivity index (χ0v) is 12.2. The van der Waals surface area contributed by atoms with Gasteiger partial charge in [-0.15, -0.1) is 0 Å². The van der Waals surface area contributed by atoms with Crippen LogP contribution >= 0.6 is 0 Å². The second-order valence-electron chi connectivity index (χ2n) is 5.54. The van der Waals surface area contributed by atoms with E-state index in [0.717, 1.165) is 11.5 Å². The zero-order valence-electron chi connectivity index (χ0n) is 12.2. The first-order valence-electron chi connectivity index (χ1n) is 7.53. The Labute approximate surface area is 121 Å². The molecule has 2 aromatic carbocycles. The molecule has 0 aromatic heterocycles. The standard InChI is InChI=1S/C12H16.C7H7F/c1-3-7-11(8-4-1)12-9-5-2-6-10-12;1-6-2-4-7(8)5-3-6/h1,3-4,7-8,12H,2,5-6,9-10H2;2-5H,1H3. The largest absolute Gasteiger partial charge is 0.207 e. The van der Waals surface area contributed by atoms with Crippen LogP contribution in [0.4, 0.5) is 4.39 Å². The van der Waals surface area contributed by atoms with Gasteiger partial charge in [0.1, 0.15) is 5.82 Å². The fraction of sp³-hybridized carbons (Fsp3) is 0.368. The lowest BCUT2D eigenvalue weighted by Crippen LogP contribution is -2.03. The van der Waals surface area contributed by atoms with Gasteiger partial charge < -0.3 is 0 Å². The van der Waals surface area contributed by atoms with Crippen molar-refractivity contribution in [3.05, 3.63) is 71.5 Å². The van der Waals surface area contributed by atoms with E-state index in [1.54, 1.807) is 17.7 Å². The van der Waals surface area contributed by atoms with Gasteiger partial charge in [0.15, 0.2) is 0 Å². The first-order valence-corrected chi connectivity index (χ1v) is 7.53. The Hall–Kier alpha value is -1.63. The highest BCUT2D eigenvalue weighted by Crippen LogP contribution is 2.32. The van der Waals surface area contributed by atoms with Crippen molar-refractivity contribution in [3.63, 3.8) is 0 Å². The molecule has 1 aliphatic rings. The Balaban J connectivity index is 0.000000160. The van der Waals surface area contributed by atoms with Crippen LogP contribution in [-0.4, -0.2) is 0 Å². The van der Waals surface area contributed by atoms with Gasteiger partial charge in [-0.05, 0) is 43.4 Å². The highest BCUT2D eigenvalue weighted by molar-refractivity contribution is 5.19. The number of benzene rings is 2. The summed E-state index contributed by atoms with van der Waals surface area (Å²) in [5.74, 6) is 0.690. The summed E-state index contributed by atoms with van der Waals surface area (Å²) in [4.78, 5) is 0. The van der Waals surface area contributed by atoms with E-state index in [4.69, 9.17) is 0 Å². The van der Waals surface area contributed by atoms with E-state index >= 15 is 0 Å². The highest BCUT2D eigenvalue weighted by atomic mass is 19.1. The molecule has 0 bridgehead atoms. The molecule has 2 aromatic rings. The normalized spacial score (nSPS) is 15.3. The van der Waals surface area contributed by atoms with Crippen LogP contribution in [0.5, 0.6) is 0 Å². The van der Waals surface area contributed by atoms with E-state index in [0.29, 0.717) is 0 Å². The molecule has 1 aliphatic carbocycles. The molecule has 0 heterocycles. The zero-order chi connectivity index (χ0) is 14.2. The molecule has 3 rings (SSSR count). The minimum atomic E-state index is -0.171. The predicted octanol–water partition coefficient (Wildman–Crippen LogP) is 5.87. The van der Waals surface area contributed by atoms with Gasteiger partial charge in [-0.2, -0.15) is 0 Å². The Morgan fingerprint density at radius 2 is 1.40 bits per heavy atom. The molecule has 0 aliphatic heterocycles. The predicted molar refractivity (Wildman–Crippen MR) is 83.4 cm³/mol. The van der Waals surface area contributed by atoms with Gasteiger partial charge in [0.25, 0.3) is 0 Å². The first kappa shape index (κ1) is 14.8. The quantitative estimate of drug-likeness (QED) is 0.608. The molecule has 0 radical (unpaired) electrons. The summed E-state index contributed by atoms with van der Waals surface area (Å²) < 4.78 is 12.1. The van der Waals surface area contributed by atoms with Gasteiger partial charge in [-0.1, -0.05) is 67.3 Å². The number of aryl methyl sites for hydroxylation is 1. The van der Waals surface area contributed by atoms with Crippen LogP contribution < -0.4 is 0 Å². The van der Waals surface area contributed by atoms with E-state index in [1.807, 2.05) is 6.92 Å². The summed E-state index contributed by atoms with van der Waals surface area (Å²) in [6, 6.07) is 17.4. The van der Waals surface area contributed by atoms with Gasteiger partial charge in [0, 0.05) is 0 Å². The van der Waals surface area contributed by atoms with Crippen molar-refractivity contribution >= 4 is 0 Å². The smallest absolute Gasteiger partial charge is 0.123 e. The molecule has 0 unspecified atom stereocenters. The number of halogens is 1. The van der Waals surface area contributed by atoms with Crippen LogP contribution in [0.15, 0.2) is 54.6 Å². The average molecular weight is 270 g/mol. The minimum Gasteiger partial charge on any atom is -0.207 e. The fourth-order valence-electron chi connectivity index (χ4n) is 2.69. The van der Waals surface area contributed by atoms with E-state index in [-0.39, 0.29) is 5.82 Å². The van der Waals surface area contributed by atoms with Gasteiger partial charge in [-0.25, -0.2) is 4.39 Å². The monoisotopic (exact) mass is 270 g/mol. The van der Waals surface area contributed by atoms with E-state index in [2.05, 4.69) is 30.3 Å². The Morgan fingerprint density at radius 1 is 0.800 bits per heavy atom. The Kier molecular flexibility index (Phi) is 5.79. The third kappa shape index (κ3) is 4.80. The molecule has 1 saturated carbocycles. The topological polar surface area (TPSA) is 0 Å². The van der Waals surface area contributed by atoms with Crippen molar-refractivity contribution in [1.29, 1.82) is 0 Å². The number of hydrogen-bond acceptors (Lipinski definition) is 0. The molecule has 0 spiro atoms. The summed E-state index contributed by atoms with van der Waals surface area (Å²) >= 11 is 0. The number of rotatable bonds is 1. The van der Waals surface area contributed by atoms with Crippen LogP contribution in [0.25, 0.3) is 0 Å². The molecule has 0 amide bonds. The fourth-order valence-corrected chi connectivity index (χ4v) is 2.69. The molecule has 0 saturated heterocycles. The lowest BCUT2D eigenvalue weighted by Gasteiger charge is -2.21. The molecule has 0 N–H and O–H groups in total. The van der Waals surface area contributed by atoms with Crippen LogP contribution in [0.1, 0.15) is 49.1 Å². The molecule has 20 heavy (non-hydrogen) atoms. The number of hydrogen-bond donors (Lipinski definition) is 0. The lowest BCUT2D eigenvalue weighted by molar-refractivity contribution is 0.443. The first-order chi connectivity index (χ1) is 9.75. The molecule has 1 fully saturated rings. The molecule has 0 nitrogen and oxygen atoms in total. The average Bonchev–Trinajstić information content (AvgIpc) is 2.53. The molecule has 1 heteroatoms. The van der Waals surface area contributed by atoms with Crippen LogP contribution in [0, 0.1) is 12.7 Å². The summed E-state index contributed by atoms with van der Waals surface area (Å²) in [7, 11) is 0. The van der Waals surface area contributed by atoms with Gasteiger partial charge in [0.05, 0.1) is 0 Å². The third-order valence-electron chi connectivity index (χ3n) is 3.89. The van der Waals surface area contributed by atoms with Crippen molar-refractivity contribution < 1.29 is 4.39 Å². The third-order valence-corrected chi connectivity index (χ3v) is 3.89. The molecular weight excluding hydrogens is 247 g/mol. The van der Waals surface area contributed by atoms with Crippen LogP contribution in [0.3, 0.4) is 0 Å². The summed E-state index contributed by atoms with van der Waals surface area (Å²) in [6.07, 6.45) is 7.12. The van der Waals surface area contributed by atoms with Crippen LogP contribution in [-0.2, 0) is 0 Å². The van der Waals surface area contributed by atoms with Gasteiger partial charge in [-0.3, -0.25) is 0 Å². The second-order valence-corrected chi connectivity index (χ2v) is 5.54. The Morgan fingerprint density at radius 3 is 1.95 bits per heavy atom. The highest BCUT2D eigenvalue weighted by Gasteiger charge is 2.14. The Bertz CT molecular complexity index is 460. The maximum atomic E-state index is 12.1. The summed E-state index contributed by atoms with van der Waals surface area (Å²) in [5.41, 5.74) is 2.64. The molecule has 0 atom stereocenters. The van der Waals surface area contributed by atoms with Crippen molar-refractivity contribution in [3.8, 4) is 0 Å². The maximum Gasteiger partial charge on any atom is 0.123 e. The minimum absolute atomic E-state index is 0.171. The van der Waals surface area contributed by atoms with Gasteiger partial charge in [0.2, 0.25) is 0 Å². The van der Waals surface area contributed by atoms with E-state index in [9.17, 15) is 4.39 Å². The molecular formula is C19H23F. The van der Waals surface area contributed by atoms with E-state index < -0.39 is 0 Å². The SMILES string of the molecule is Cc1ccc(F)cc1.c1ccc(C2CCCCC2)cc1.